The number of anilines is 1. The molecule has 6 heteroatoms. The number of aryl methyl sites for hydroxylation is 1. The van der Waals surface area contributed by atoms with E-state index in [4.69, 9.17) is 28.2 Å². The number of hydrogen-bond acceptors (Lipinski definition) is 2. The van der Waals surface area contributed by atoms with Crippen LogP contribution in [0.2, 0.25) is 5.02 Å². The van der Waals surface area contributed by atoms with Crippen LogP contribution in [0.25, 0.3) is 0 Å². The maximum absolute atomic E-state index is 7.45. The fourth-order valence-electron chi connectivity index (χ4n) is 1.08. The average molecular weight is 226 g/mol. The number of benzene rings is 1. The molecular weight excluding hydrogens is 214 g/mol. The van der Waals surface area contributed by atoms with E-state index >= 15 is 0 Å². The first-order chi connectivity index (χ1) is 7.00. The molecule has 1 rings (SSSR count). The van der Waals surface area contributed by atoms with Crippen LogP contribution in [-0.2, 0) is 0 Å². The first kappa shape index (κ1) is 11.3. The zero-order valence-corrected chi connectivity index (χ0v) is 8.94. The number of rotatable bonds is 1. The Balaban J connectivity index is 2.80. The minimum Gasteiger partial charge on any atom is -0.370 e. The summed E-state index contributed by atoms with van der Waals surface area (Å²) in [7, 11) is 0. The number of para-hydroxylation sites is 1. The molecule has 1 aromatic rings. The van der Waals surface area contributed by atoms with Crippen LogP contribution in [-0.4, -0.2) is 11.9 Å². The molecule has 0 saturated carbocycles. The zero-order valence-electron chi connectivity index (χ0n) is 8.19. The summed E-state index contributed by atoms with van der Waals surface area (Å²) in [5.41, 5.74) is 6.63. The molecule has 0 atom stereocenters. The van der Waals surface area contributed by atoms with Crippen LogP contribution < -0.4 is 16.4 Å². The molecule has 0 bridgehead atoms. The molecule has 6 N–H and O–H groups in total. The van der Waals surface area contributed by atoms with Gasteiger partial charge in [0, 0.05) is 0 Å². The number of nitrogens with two attached hydrogens (primary N) is 1. The van der Waals surface area contributed by atoms with Crippen LogP contribution in [0.15, 0.2) is 18.2 Å². The Bertz CT molecular complexity index is 381. The second kappa shape index (κ2) is 4.65. The molecule has 0 heterocycles. The molecule has 15 heavy (non-hydrogen) atoms. The van der Waals surface area contributed by atoms with Gasteiger partial charge in [-0.05, 0) is 18.6 Å². The van der Waals surface area contributed by atoms with E-state index in [0.717, 1.165) is 5.56 Å². The molecule has 80 valence electrons. The summed E-state index contributed by atoms with van der Waals surface area (Å²) in [5, 5.41) is 20.0. The second-order valence-corrected chi connectivity index (χ2v) is 3.38. The van der Waals surface area contributed by atoms with Gasteiger partial charge >= 0.3 is 0 Å². The van der Waals surface area contributed by atoms with E-state index in [2.05, 4.69) is 10.6 Å². The minimum absolute atomic E-state index is 0.0845. The highest BCUT2D eigenvalue weighted by Crippen LogP contribution is 2.24. The lowest BCUT2D eigenvalue weighted by Crippen LogP contribution is -2.39. The lowest BCUT2D eigenvalue weighted by atomic mass is 10.2. The number of halogens is 1. The summed E-state index contributed by atoms with van der Waals surface area (Å²) in [6, 6.07) is 5.41. The van der Waals surface area contributed by atoms with Gasteiger partial charge in [0.2, 0.25) is 0 Å². The van der Waals surface area contributed by atoms with E-state index in [-0.39, 0.29) is 11.9 Å². The molecule has 0 amide bonds. The molecule has 0 aliphatic carbocycles. The third kappa shape index (κ3) is 3.14. The van der Waals surface area contributed by atoms with Gasteiger partial charge in [0.15, 0.2) is 11.9 Å². The summed E-state index contributed by atoms with van der Waals surface area (Å²) in [5.74, 6) is -0.379. The van der Waals surface area contributed by atoms with E-state index in [1.807, 2.05) is 19.1 Å². The highest BCUT2D eigenvalue weighted by molar-refractivity contribution is 6.34. The van der Waals surface area contributed by atoms with Crippen molar-refractivity contribution in [2.45, 2.75) is 6.92 Å². The van der Waals surface area contributed by atoms with Crippen molar-refractivity contribution in [2.75, 3.05) is 5.32 Å². The van der Waals surface area contributed by atoms with E-state index in [1.165, 1.54) is 0 Å². The van der Waals surface area contributed by atoms with E-state index in [1.54, 1.807) is 6.07 Å². The van der Waals surface area contributed by atoms with E-state index < -0.39 is 0 Å². The molecular formula is C9H12ClN5. The van der Waals surface area contributed by atoms with Crippen LogP contribution in [0.3, 0.4) is 0 Å². The Morgan fingerprint density at radius 3 is 2.60 bits per heavy atom. The van der Waals surface area contributed by atoms with Crippen molar-refractivity contribution in [2.24, 2.45) is 5.73 Å². The third-order valence-corrected chi connectivity index (χ3v) is 2.05. The Hall–Kier alpha value is -1.75. The van der Waals surface area contributed by atoms with Crippen molar-refractivity contribution in [1.29, 1.82) is 10.8 Å². The Kier molecular flexibility index (Phi) is 3.51. The lowest BCUT2D eigenvalue weighted by Gasteiger charge is -2.12. The summed E-state index contributed by atoms with van der Waals surface area (Å²) in [4.78, 5) is 0. The predicted octanol–water partition coefficient (Wildman–Crippen LogP) is 1.48. The summed E-state index contributed by atoms with van der Waals surface area (Å²) in [6.07, 6.45) is 0. The number of nitrogens with one attached hydrogen (secondary N) is 4. The van der Waals surface area contributed by atoms with Crippen LogP contribution in [0.1, 0.15) is 5.56 Å². The minimum atomic E-state index is -0.294. The van der Waals surface area contributed by atoms with Crippen LogP contribution in [0, 0.1) is 17.7 Å². The fraction of sp³-hybridized carbons (Fsp3) is 0.111. The van der Waals surface area contributed by atoms with Gasteiger partial charge in [-0.25, -0.2) is 0 Å². The van der Waals surface area contributed by atoms with Crippen molar-refractivity contribution in [3.05, 3.63) is 28.8 Å². The molecule has 0 fully saturated rings. The van der Waals surface area contributed by atoms with Crippen LogP contribution >= 0.6 is 11.6 Å². The monoisotopic (exact) mass is 225 g/mol. The highest BCUT2D eigenvalue weighted by atomic mass is 35.5. The van der Waals surface area contributed by atoms with Gasteiger partial charge in [-0.1, -0.05) is 23.7 Å². The summed E-state index contributed by atoms with van der Waals surface area (Å²) < 4.78 is 0. The number of hydrogen-bond donors (Lipinski definition) is 5. The van der Waals surface area contributed by atoms with Gasteiger partial charge in [-0.3, -0.25) is 16.1 Å². The molecule has 5 nitrogen and oxygen atoms in total. The Morgan fingerprint density at radius 2 is 2.07 bits per heavy atom. The normalized spacial score (nSPS) is 9.47. The van der Waals surface area contributed by atoms with E-state index in [9.17, 15) is 0 Å². The maximum atomic E-state index is 7.45. The van der Waals surface area contributed by atoms with Crippen molar-refractivity contribution in [1.82, 2.24) is 5.32 Å². The Labute approximate surface area is 92.6 Å². The summed E-state index contributed by atoms with van der Waals surface area (Å²) in [6.45, 7) is 1.87. The molecule has 1 aromatic carbocycles. The van der Waals surface area contributed by atoms with Gasteiger partial charge in [0.25, 0.3) is 0 Å². The molecule has 0 aliphatic heterocycles. The smallest absolute Gasteiger partial charge is 0.199 e. The SMILES string of the molecule is Cc1cccc(Cl)c1NC(=N)NC(=N)N. The van der Waals surface area contributed by atoms with Gasteiger partial charge < -0.3 is 11.1 Å². The first-order valence-corrected chi connectivity index (χ1v) is 4.60. The predicted molar refractivity (Wildman–Crippen MR) is 62.6 cm³/mol. The van der Waals surface area contributed by atoms with Crippen LogP contribution in [0.5, 0.6) is 0 Å². The highest BCUT2D eigenvalue weighted by Gasteiger charge is 2.05. The fourth-order valence-corrected chi connectivity index (χ4v) is 1.35. The van der Waals surface area contributed by atoms with Gasteiger partial charge in [-0.15, -0.1) is 0 Å². The maximum Gasteiger partial charge on any atom is 0.199 e. The lowest BCUT2D eigenvalue weighted by molar-refractivity contribution is 1.20. The molecule has 0 aromatic heterocycles. The first-order valence-electron chi connectivity index (χ1n) is 4.22. The van der Waals surface area contributed by atoms with E-state index in [0.29, 0.717) is 10.7 Å². The second-order valence-electron chi connectivity index (χ2n) is 2.97. The topological polar surface area (TPSA) is 97.8 Å². The van der Waals surface area contributed by atoms with Gasteiger partial charge in [0.1, 0.15) is 0 Å². The average Bonchev–Trinajstić information content (AvgIpc) is 2.10. The molecule has 0 radical (unpaired) electrons. The number of guanidine groups is 2. The van der Waals surface area contributed by atoms with Gasteiger partial charge in [0.05, 0.1) is 10.7 Å². The van der Waals surface area contributed by atoms with Crippen molar-refractivity contribution in [3.63, 3.8) is 0 Å². The zero-order chi connectivity index (χ0) is 11.4. The standard InChI is InChI=1S/C9H12ClN5/c1-5-3-2-4-6(10)7(5)14-9(13)15-8(11)12/h2-4H,1H3,(H6,11,12,13,14,15). The van der Waals surface area contributed by atoms with Crippen molar-refractivity contribution >= 4 is 29.2 Å². The molecule has 0 spiro atoms. The van der Waals surface area contributed by atoms with Crippen LogP contribution in [0.4, 0.5) is 5.69 Å². The van der Waals surface area contributed by atoms with Crippen molar-refractivity contribution < 1.29 is 0 Å². The Morgan fingerprint density at radius 1 is 1.40 bits per heavy atom. The molecule has 0 unspecified atom stereocenters. The van der Waals surface area contributed by atoms with Gasteiger partial charge in [-0.2, -0.15) is 0 Å². The summed E-state index contributed by atoms with van der Waals surface area (Å²) >= 11 is 5.94. The third-order valence-electron chi connectivity index (χ3n) is 1.73. The quantitative estimate of drug-likeness (QED) is 0.370. The van der Waals surface area contributed by atoms with Crippen molar-refractivity contribution in [3.8, 4) is 0 Å². The largest absolute Gasteiger partial charge is 0.370 e. The molecule has 0 aliphatic rings. The molecule has 0 saturated heterocycles.